The minimum atomic E-state index is -3.21. The molecule has 3 heterocycles. The highest BCUT2D eigenvalue weighted by molar-refractivity contribution is 7.89. The maximum absolute atomic E-state index is 15.1. The number of sulfonamides is 1. The number of rotatable bonds is 7. The van der Waals surface area contributed by atoms with Gasteiger partial charge in [0, 0.05) is 31.6 Å². The molecule has 1 atom stereocenters. The van der Waals surface area contributed by atoms with Crippen LogP contribution < -0.4 is 4.74 Å². The van der Waals surface area contributed by atoms with E-state index in [0.717, 1.165) is 55.6 Å². The Balaban J connectivity index is 1.20. The summed E-state index contributed by atoms with van der Waals surface area (Å²) in [7, 11) is -3.21. The molecule has 2 aromatic rings. The Kier molecular flexibility index (Phi) is 7.28. The zero-order valence-corrected chi connectivity index (χ0v) is 21.3. The zero-order valence-electron chi connectivity index (χ0n) is 20.5. The molecule has 188 valence electrons. The molecular weight excluding hydrogens is 463 g/mol. The van der Waals surface area contributed by atoms with Gasteiger partial charge < -0.3 is 4.74 Å². The number of hydrogen-bond donors (Lipinski definition) is 0. The highest BCUT2D eigenvalue weighted by Crippen LogP contribution is 2.39. The minimum Gasteiger partial charge on any atom is -0.486 e. The molecule has 2 aromatic carbocycles. The van der Waals surface area contributed by atoms with Crippen LogP contribution in [0, 0.1) is 11.7 Å². The molecule has 0 aromatic heterocycles. The first-order valence-corrected chi connectivity index (χ1v) is 14.5. The molecule has 5 rings (SSSR count). The number of piperidine rings is 1. The van der Waals surface area contributed by atoms with Gasteiger partial charge in [0.25, 0.3) is 0 Å². The van der Waals surface area contributed by atoms with Gasteiger partial charge in [-0.1, -0.05) is 43.3 Å². The van der Waals surface area contributed by atoms with E-state index in [0.29, 0.717) is 37.6 Å². The Labute approximate surface area is 208 Å². The van der Waals surface area contributed by atoms with Crippen molar-refractivity contribution in [1.29, 1.82) is 0 Å². The van der Waals surface area contributed by atoms with Crippen LogP contribution in [0.5, 0.6) is 5.75 Å². The topological polar surface area (TPSA) is 49.9 Å². The van der Waals surface area contributed by atoms with E-state index in [2.05, 4.69) is 35.2 Å². The van der Waals surface area contributed by atoms with Gasteiger partial charge in [0.15, 0.2) is 11.6 Å². The van der Waals surface area contributed by atoms with E-state index in [4.69, 9.17) is 4.74 Å². The van der Waals surface area contributed by atoms with E-state index in [1.807, 2.05) is 19.1 Å². The lowest BCUT2D eigenvalue weighted by Gasteiger charge is -2.34. The molecule has 5 nitrogen and oxygen atoms in total. The minimum absolute atomic E-state index is 0.0311. The molecule has 0 amide bonds. The molecule has 0 aliphatic carbocycles. The highest BCUT2D eigenvalue weighted by atomic mass is 32.2. The number of hydrogen-bond acceptors (Lipinski definition) is 4. The fraction of sp³-hybridized carbons (Fsp3) is 0.500. The zero-order chi connectivity index (χ0) is 24.4. The molecule has 3 aliphatic heterocycles. The molecule has 35 heavy (non-hydrogen) atoms. The Bertz CT molecular complexity index is 1170. The van der Waals surface area contributed by atoms with Crippen LogP contribution in [0.4, 0.5) is 4.39 Å². The van der Waals surface area contributed by atoms with Gasteiger partial charge in [-0.2, -0.15) is 4.31 Å². The van der Waals surface area contributed by atoms with Gasteiger partial charge in [0.1, 0.15) is 6.10 Å². The summed E-state index contributed by atoms with van der Waals surface area (Å²) in [6, 6.07) is 14.2. The van der Waals surface area contributed by atoms with Gasteiger partial charge in [-0.3, -0.25) is 4.90 Å². The van der Waals surface area contributed by atoms with Gasteiger partial charge in [-0.25, -0.2) is 12.8 Å². The second-order valence-electron chi connectivity index (χ2n) is 10.1. The lowest BCUT2D eigenvalue weighted by Crippen LogP contribution is -2.38. The van der Waals surface area contributed by atoms with Crippen molar-refractivity contribution in [3.05, 3.63) is 71.0 Å². The molecule has 0 N–H and O–H groups in total. The summed E-state index contributed by atoms with van der Waals surface area (Å²) >= 11 is 0. The average Bonchev–Trinajstić information content (AvgIpc) is 3.30. The van der Waals surface area contributed by atoms with Gasteiger partial charge in [-0.05, 0) is 73.5 Å². The van der Waals surface area contributed by atoms with Crippen molar-refractivity contribution in [2.75, 3.05) is 31.9 Å². The van der Waals surface area contributed by atoms with E-state index in [1.165, 1.54) is 9.87 Å². The summed E-state index contributed by atoms with van der Waals surface area (Å²) in [5.41, 5.74) is 4.16. The highest BCUT2D eigenvalue weighted by Gasteiger charge is 2.35. The molecule has 1 fully saturated rings. The van der Waals surface area contributed by atoms with Crippen molar-refractivity contribution in [3.63, 3.8) is 0 Å². The fourth-order valence-electron chi connectivity index (χ4n) is 5.67. The van der Waals surface area contributed by atoms with E-state index in [9.17, 15) is 8.42 Å². The van der Waals surface area contributed by atoms with Crippen molar-refractivity contribution in [1.82, 2.24) is 9.21 Å². The predicted octanol–water partition coefficient (Wildman–Crippen LogP) is 4.87. The maximum atomic E-state index is 15.1. The van der Waals surface area contributed by atoms with Crippen LogP contribution in [0.3, 0.4) is 0 Å². The molecule has 3 aliphatic rings. The summed E-state index contributed by atoms with van der Waals surface area (Å²) in [5, 5.41) is 0. The molecule has 0 radical (unpaired) electrons. The van der Waals surface area contributed by atoms with Crippen LogP contribution in [0.25, 0.3) is 5.57 Å². The van der Waals surface area contributed by atoms with Crippen LogP contribution in [0.2, 0.25) is 0 Å². The van der Waals surface area contributed by atoms with Crippen molar-refractivity contribution < 1.29 is 17.5 Å². The van der Waals surface area contributed by atoms with Crippen molar-refractivity contribution in [3.8, 4) is 5.75 Å². The molecule has 1 unspecified atom stereocenters. The van der Waals surface area contributed by atoms with Crippen LogP contribution in [-0.2, 0) is 23.0 Å². The van der Waals surface area contributed by atoms with Gasteiger partial charge in [0.05, 0.1) is 5.75 Å². The Morgan fingerprint density at radius 3 is 2.54 bits per heavy atom. The lowest BCUT2D eigenvalue weighted by molar-refractivity contribution is 0.0862. The van der Waals surface area contributed by atoms with E-state index in [1.54, 1.807) is 6.07 Å². The third kappa shape index (κ3) is 5.47. The monoisotopic (exact) mass is 498 g/mol. The van der Waals surface area contributed by atoms with Crippen LogP contribution in [-0.4, -0.2) is 55.7 Å². The van der Waals surface area contributed by atoms with Crippen LogP contribution >= 0.6 is 0 Å². The summed E-state index contributed by atoms with van der Waals surface area (Å²) < 4.78 is 47.4. The number of halogens is 1. The quantitative estimate of drug-likeness (QED) is 0.547. The maximum Gasteiger partial charge on any atom is 0.214 e. The van der Waals surface area contributed by atoms with Crippen molar-refractivity contribution in [2.24, 2.45) is 5.92 Å². The van der Waals surface area contributed by atoms with E-state index < -0.39 is 10.0 Å². The number of benzene rings is 2. The van der Waals surface area contributed by atoms with Crippen molar-refractivity contribution in [2.45, 2.75) is 51.7 Å². The number of nitrogens with zero attached hydrogens (tertiary/aromatic N) is 2. The standard InChI is InChI=1S/C28H35FN2O3S/c1-2-16-35(32,33)31-14-10-22(11-15-31)24-17-25-19-27(34-28(25)26(29)18-24)23-8-12-30(13-9-23)20-21-6-4-3-5-7-21/h3-7,10,17-18,23,27H,2,8-9,11-16,19-20H2,1H3. The van der Waals surface area contributed by atoms with Crippen molar-refractivity contribution >= 4 is 15.6 Å². The second kappa shape index (κ2) is 10.4. The molecule has 0 spiro atoms. The first-order valence-electron chi connectivity index (χ1n) is 12.9. The van der Waals surface area contributed by atoms with E-state index >= 15 is 4.39 Å². The SMILES string of the molecule is CCCS(=O)(=O)N1CC=C(c2cc(F)c3c(c2)CC(C2CCN(Cc4ccccc4)CC2)O3)CC1. The Morgan fingerprint density at radius 1 is 1.09 bits per heavy atom. The largest absolute Gasteiger partial charge is 0.486 e. The normalized spacial score (nSPS) is 22.0. The average molecular weight is 499 g/mol. The number of likely N-dealkylation sites (tertiary alicyclic amines) is 1. The smallest absolute Gasteiger partial charge is 0.214 e. The third-order valence-electron chi connectivity index (χ3n) is 7.62. The molecule has 0 bridgehead atoms. The van der Waals surface area contributed by atoms with Gasteiger partial charge in [0.2, 0.25) is 10.0 Å². The first-order chi connectivity index (χ1) is 16.9. The first kappa shape index (κ1) is 24.5. The molecule has 7 heteroatoms. The lowest BCUT2D eigenvalue weighted by atomic mass is 9.88. The molecule has 0 saturated carbocycles. The molecular formula is C28H35FN2O3S. The summed E-state index contributed by atoms with van der Waals surface area (Å²) in [4.78, 5) is 2.49. The predicted molar refractivity (Wildman–Crippen MR) is 137 cm³/mol. The van der Waals surface area contributed by atoms with Crippen LogP contribution in [0.1, 0.15) is 49.3 Å². The Morgan fingerprint density at radius 2 is 1.86 bits per heavy atom. The summed E-state index contributed by atoms with van der Waals surface area (Å²) in [6.45, 7) is 5.73. The van der Waals surface area contributed by atoms with Crippen LogP contribution in [0.15, 0.2) is 48.5 Å². The summed E-state index contributed by atoms with van der Waals surface area (Å²) in [5.74, 6) is 0.717. The number of fused-ring (bicyclic) bond motifs is 1. The Hall–Kier alpha value is -2.22. The fourth-order valence-corrected chi connectivity index (χ4v) is 7.11. The van der Waals surface area contributed by atoms with Gasteiger partial charge >= 0.3 is 0 Å². The second-order valence-corrected chi connectivity index (χ2v) is 12.1. The third-order valence-corrected chi connectivity index (χ3v) is 9.66. The van der Waals surface area contributed by atoms with Gasteiger partial charge in [-0.15, -0.1) is 0 Å². The number of ether oxygens (including phenoxy) is 1. The summed E-state index contributed by atoms with van der Waals surface area (Å²) in [6.07, 6.45) is 6.05. The van der Waals surface area contributed by atoms with E-state index in [-0.39, 0.29) is 17.7 Å². The molecule has 1 saturated heterocycles.